The Labute approximate surface area is 342 Å². The molecule has 55 heavy (non-hydrogen) atoms. The first-order chi connectivity index (χ1) is 26.5. The zero-order valence-corrected chi connectivity index (χ0v) is 38.1. The zero-order valence-electron chi connectivity index (χ0n) is 37.2. The molecule has 8 nitrogen and oxygen atoms in total. The number of rotatable bonds is 43. The van der Waals surface area contributed by atoms with E-state index in [9.17, 15) is 19.4 Å². The SMILES string of the molecule is CCCCCCCCCCCCC/C=C/[C@H](O)[C@@H](COP(=O)(O)OCC[N+](C)(C)C)NC(=O)CCCCCCCCCCCCCCCCCCCCCC. The molecule has 0 aliphatic heterocycles. The van der Waals surface area contributed by atoms with E-state index >= 15 is 0 Å². The lowest BCUT2D eigenvalue weighted by Gasteiger charge is -2.25. The second kappa shape index (κ2) is 38.7. The summed E-state index contributed by atoms with van der Waals surface area (Å²) in [6.45, 7) is 4.83. The number of unbranched alkanes of at least 4 members (excludes halogenated alkanes) is 30. The lowest BCUT2D eigenvalue weighted by atomic mass is 10.0. The number of phosphoric acid groups is 1. The van der Waals surface area contributed by atoms with Crippen LogP contribution in [0.1, 0.15) is 226 Å². The Morgan fingerprint density at radius 2 is 0.964 bits per heavy atom. The summed E-state index contributed by atoms with van der Waals surface area (Å²) in [5.41, 5.74) is 0. The fourth-order valence-corrected chi connectivity index (χ4v) is 7.72. The van der Waals surface area contributed by atoms with Gasteiger partial charge in [0.25, 0.3) is 0 Å². The molecule has 3 N–H and O–H groups in total. The number of hydrogen-bond donors (Lipinski definition) is 3. The van der Waals surface area contributed by atoms with E-state index in [1.54, 1.807) is 6.08 Å². The van der Waals surface area contributed by atoms with E-state index in [-0.39, 0.29) is 19.1 Å². The lowest BCUT2D eigenvalue weighted by molar-refractivity contribution is -0.870. The highest BCUT2D eigenvalue weighted by Gasteiger charge is 2.27. The largest absolute Gasteiger partial charge is 0.472 e. The van der Waals surface area contributed by atoms with Gasteiger partial charge in [0, 0.05) is 6.42 Å². The van der Waals surface area contributed by atoms with Crippen molar-refractivity contribution in [1.29, 1.82) is 0 Å². The molecule has 9 heteroatoms. The fraction of sp³-hybridized carbons (Fsp3) is 0.935. The van der Waals surface area contributed by atoms with E-state index in [2.05, 4.69) is 19.2 Å². The van der Waals surface area contributed by atoms with Crippen LogP contribution in [0.5, 0.6) is 0 Å². The van der Waals surface area contributed by atoms with Gasteiger partial charge in [0.05, 0.1) is 39.9 Å². The number of carbonyl (C=O) groups excluding carboxylic acids is 1. The molecule has 3 atom stereocenters. The summed E-state index contributed by atoms with van der Waals surface area (Å²) < 4.78 is 23.6. The standard InChI is InChI=1S/C46H93N2O6P/c1-6-8-10-12-14-16-18-20-21-22-23-24-25-26-28-30-32-34-36-38-40-46(50)47-44(43-54-55(51,52)53-42-41-48(3,4)5)45(49)39-37-35-33-31-29-27-19-17-15-13-11-9-7-2/h37,39,44-45,49H,6-36,38,40-43H2,1-5H3,(H-,47,50,51,52)/p+1/b39-37+/t44-,45+/m1/s1. The number of amides is 1. The molecule has 0 aromatic rings. The van der Waals surface area contributed by atoms with Crippen LogP contribution < -0.4 is 5.32 Å². The fourth-order valence-electron chi connectivity index (χ4n) is 6.98. The summed E-state index contributed by atoms with van der Waals surface area (Å²) in [6.07, 6.45) is 44.2. The van der Waals surface area contributed by atoms with Crippen LogP contribution in [0.15, 0.2) is 12.2 Å². The molecule has 0 aromatic heterocycles. The minimum absolute atomic E-state index is 0.0646. The Morgan fingerprint density at radius 3 is 1.35 bits per heavy atom. The number of likely N-dealkylation sites (N-methyl/N-ethyl adjacent to an activating group) is 1. The highest BCUT2D eigenvalue weighted by atomic mass is 31.2. The highest BCUT2D eigenvalue weighted by molar-refractivity contribution is 7.47. The van der Waals surface area contributed by atoms with Crippen molar-refractivity contribution in [3.63, 3.8) is 0 Å². The number of nitrogens with zero attached hydrogens (tertiary/aromatic N) is 1. The molecule has 1 amide bonds. The number of aliphatic hydroxyl groups excluding tert-OH is 1. The maximum absolute atomic E-state index is 12.9. The number of quaternary nitrogens is 1. The number of nitrogens with one attached hydrogen (secondary N) is 1. The first-order valence-corrected chi connectivity index (χ1v) is 25.1. The Kier molecular flexibility index (Phi) is 38.2. The van der Waals surface area contributed by atoms with Crippen molar-refractivity contribution in [3.05, 3.63) is 12.2 Å². The van der Waals surface area contributed by atoms with Gasteiger partial charge < -0.3 is 19.8 Å². The maximum Gasteiger partial charge on any atom is 0.472 e. The second-order valence-electron chi connectivity index (χ2n) is 17.5. The van der Waals surface area contributed by atoms with E-state index < -0.39 is 20.0 Å². The molecule has 328 valence electrons. The van der Waals surface area contributed by atoms with Crippen LogP contribution in [0.4, 0.5) is 0 Å². The van der Waals surface area contributed by atoms with Gasteiger partial charge in [0.1, 0.15) is 13.2 Å². The van der Waals surface area contributed by atoms with E-state index in [1.807, 2.05) is 27.2 Å². The molecule has 0 radical (unpaired) electrons. The molecular formula is C46H94N2O6P+. The van der Waals surface area contributed by atoms with Crippen molar-refractivity contribution in [1.82, 2.24) is 5.32 Å². The van der Waals surface area contributed by atoms with Gasteiger partial charge in [-0.3, -0.25) is 13.8 Å². The van der Waals surface area contributed by atoms with E-state index in [4.69, 9.17) is 9.05 Å². The molecule has 1 unspecified atom stereocenters. The van der Waals surface area contributed by atoms with Gasteiger partial charge in [-0.15, -0.1) is 0 Å². The van der Waals surface area contributed by atoms with Gasteiger partial charge in [0.2, 0.25) is 5.91 Å². The lowest BCUT2D eigenvalue weighted by Crippen LogP contribution is -2.45. The molecule has 0 rings (SSSR count). The summed E-state index contributed by atoms with van der Waals surface area (Å²) in [5.74, 6) is -0.174. The first-order valence-electron chi connectivity index (χ1n) is 23.6. The Morgan fingerprint density at radius 1 is 0.600 bits per heavy atom. The Bertz CT molecular complexity index is 911. The summed E-state index contributed by atoms with van der Waals surface area (Å²) in [5, 5.41) is 13.8. The van der Waals surface area contributed by atoms with Gasteiger partial charge in [-0.05, 0) is 19.3 Å². The second-order valence-corrected chi connectivity index (χ2v) is 18.9. The van der Waals surface area contributed by atoms with Crippen molar-refractivity contribution in [3.8, 4) is 0 Å². The van der Waals surface area contributed by atoms with Gasteiger partial charge in [-0.1, -0.05) is 212 Å². The van der Waals surface area contributed by atoms with Crippen LogP contribution >= 0.6 is 7.82 Å². The number of aliphatic hydroxyl groups is 1. The first kappa shape index (κ1) is 54.2. The number of carbonyl (C=O) groups is 1. The van der Waals surface area contributed by atoms with Crippen LogP contribution in [0.25, 0.3) is 0 Å². The van der Waals surface area contributed by atoms with Gasteiger partial charge in [-0.2, -0.15) is 0 Å². The highest BCUT2D eigenvalue weighted by Crippen LogP contribution is 2.43. The average molecular weight is 802 g/mol. The minimum Gasteiger partial charge on any atom is -0.387 e. The summed E-state index contributed by atoms with van der Waals surface area (Å²) >= 11 is 0. The normalized spacial score (nSPS) is 14.4. The average Bonchev–Trinajstić information content (AvgIpc) is 3.13. The molecule has 0 saturated carbocycles. The van der Waals surface area contributed by atoms with Crippen LogP contribution in [-0.4, -0.2) is 73.4 Å². The monoisotopic (exact) mass is 802 g/mol. The molecule has 0 saturated heterocycles. The topological polar surface area (TPSA) is 105 Å². The number of allylic oxidation sites excluding steroid dienone is 1. The minimum atomic E-state index is -4.33. The molecule has 0 aliphatic rings. The molecule has 0 aliphatic carbocycles. The molecular weight excluding hydrogens is 707 g/mol. The van der Waals surface area contributed by atoms with Crippen molar-refractivity contribution in [2.75, 3.05) is 40.9 Å². The van der Waals surface area contributed by atoms with Crippen molar-refractivity contribution < 1.29 is 32.9 Å². The third-order valence-electron chi connectivity index (χ3n) is 10.8. The number of phosphoric ester groups is 1. The van der Waals surface area contributed by atoms with Gasteiger partial charge >= 0.3 is 7.82 Å². The third-order valence-corrected chi connectivity index (χ3v) is 11.7. The predicted octanol–water partition coefficient (Wildman–Crippen LogP) is 13.1. The molecule has 0 bridgehead atoms. The van der Waals surface area contributed by atoms with E-state index in [1.165, 1.54) is 167 Å². The zero-order chi connectivity index (χ0) is 40.7. The Hall–Kier alpha value is -0.760. The molecule has 0 aromatic carbocycles. The van der Waals surface area contributed by atoms with Crippen molar-refractivity contribution in [2.45, 2.75) is 238 Å². The predicted molar refractivity (Wildman–Crippen MR) is 235 cm³/mol. The smallest absolute Gasteiger partial charge is 0.387 e. The molecule has 0 spiro atoms. The van der Waals surface area contributed by atoms with E-state index in [0.29, 0.717) is 17.4 Å². The van der Waals surface area contributed by atoms with Crippen LogP contribution in [-0.2, 0) is 18.4 Å². The molecule has 0 fully saturated rings. The van der Waals surface area contributed by atoms with Crippen LogP contribution in [0.2, 0.25) is 0 Å². The van der Waals surface area contributed by atoms with E-state index in [0.717, 1.165) is 38.5 Å². The quantitative estimate of drug-likeness (QED) is 0.0245. The summed E-state index contributed by atoms with van der Waals surface area (Å²) in [7, 11) is 1.58. The van der Waals surface area contributed by atoms with Crippen molar-refractivity contribution >= 4 is 13.7 Å². The maximum atomic E-state index is 12.9. The van der Waals surface area contributed by atoms with Crippen LogP contribution in [0.3, 0.4) is 0 Å². The van der Waals surface area contributed by atoms with Gasteiger partial charge in [-0.25, -0.2) is 4.57 Å². The van der Waals surface area contributed by atoms with Crippen LogP contribution in [0, 0.1) is 0 Å². The summed E-state index contributed by atoms with van der Waals surface area (Å²) in [6, 6.07) is -0.839. The third kappa shape index (κ3) is 41.2. The van der Waals surface area contributed by atoms with Gasteiger partial charge in [0.15, 0.2) is 0 Å². The molecule has 0 heterocycles. The number of hydrogen-bond acceptors (Lipinski definition) is 5. The summed E-state index contributed by atoms with van der Waals surface area (Å²) in [4.78, 5) is 23.1. The Balaban J connectivity index is 4.29. The van der Waals surface area contributed by atoms with Crippen molar-refractivity contribution in [2.24, 2.45) is 0 Å².